The van der Waals surface area contributed by atoms with Crippen molar-refractivity contribution in [2.24, 2.45) is 11.3 Å². The molecule has 8 heteroatoms. The lowest BCUT2D eigenvalue weighted by molar-refractivity contribution is -0.150. The largest absolute Gasteiger partial charge is 0.505 e. The molecule has 1 saturated carbocycles. The third-order valence-corrected chi connectivity index (χ3v) is 8.93. The van der Waals surface area contributed by atoms with Gasteiger partial charge in [0.25, 0.3) is 0 Å². The summed E-state index contributed by atoms with van der Waals surface area (Å²) in [6, 6.07) is 9.64. The Morgan fingerprint density at radius 2 is 1.74 bits per heavy atom. The minimum atomic E-state index is -0.288. The van der Waals surface area contributed by atoms with Crippen molar-refractivity contribution in [1.82, 2.24) is 20.3 Å². The van der Waals surface area contributed by atoms with Gasteiger partial charge < -0.3 is 20.3 Å². The zero-order valence-electron chi connectivity index (χ0n) is 26.5. The van der Waals surface area contributed by atoms with E-state index >= 15 is 0 Å². The predicted molar refractivity (Wildman–Crippen MR) is 167 cm³/mol. The van der Waals surface area contributed by atoms with Crippen molar-refractivity contribution >= 4 is 17.0 Å². The van der Waals surface area contributed by atoms with Crippen LogP contribution >= 0.6 is 0 Å². The molecular formula is C34H50N4O4. The number of esters is 1. The van der Waals surface area contributed by atoms with Crippen molar-refractivity contribution in [2.75, 3.05) is 13.1 Å². The van der Waals surface area contributed by atoms with E-state index in [1.807, 2.05) is 37.3 Å². The first-order valence-electron chi connectivity index (χ1n) is 15.5. The van der Waals surface area contributed by atoms with Crippen LogP contribution in [0.5, 0.6) is 5.75 Å². The van der Waals surface area contributed by atoms with Crippen LogP contribution in [-0.2, 0) is 21.4 Å². The van der Waals surface area contributed by atoms with Gasteiger partial charge in [-0.3, -0.25) is 4.79 Å². The number of ether oxygens (including phenoxy) is 1. The Hall–Kier alpha value is -2.97. The first kappa shape index (κ1) is 32.0. The second-order valence-electron chi connectivity index (χ2n) is 13.9. The maximum atomic E-state index is 12.5. The minimum absolute atomic E-state index is 0.00562. The topological polar surface area (TPSA) is 110 Å². The summed E-state index contributed by atoms with van der Waals surface area (Å²) >= 11 is 0. The fourth-order valence-corrected chi connectivity index (χ4v) is 6.19. The smallest absolute Gasteiger partial charge is 0.306 e. The van der Waals surface area contributed by atoms with Gasteiger partial charge in [0.2, 0.25) is 0 Å². The first-order chi connectivity index (χ1) is 19.8. The number of aryl methyl sites for hydroxylation is 1. The summed E-state index contributed by atoms with van der Waals surface area (Å²) in [6.45, 7) is 16.4. The van der Waals surface area contributed by atoms with Crippen LogP contribution in [0.1, 0.15) is 96.8 Å². The number of nitrogens with one attached hydrogen (secondary N) is 1. The number of carbonyl (C=O) groups excluding carboxylic acids is 1. The number of aliphatic hydroxyl groups excluding tert-OH is 1. The van der Waals surface area contributed by atoms with E-state index in [0.29, 0.717) is 24.4 Å². The highest BCUT2D eigenvalue weighted by Gasteiger charge is 2.35. The highest BCUT2D eigenvalue weighted by Crippen LogP contribution is 2.40. The number of piperidine rings is 1. The maximum Gasteiger partial charge on any atom is 0.306 e. The molecule has 2 aromatic carbocycles. The maximum absolute atomic E-state index is 12.5. The molecular weight excluding hydrogens is 528 g/mol. The van der Waals surface area contributed by atoms with E-state index in [2.05, 4.69) is 57.1 Å². The fourth-order valence-electron chi connectivity index (χ4n) is 6.19. The Bertz CT molecular complexity index is 1330. The Balaban J connectivity index is 0.000000343. The SMILES string of the molecule is CC1CCCC(C)(C)C1O.Cc1c(CCC(=O)OC2CCNCC2)cc(C(C)(C)C)c(O)c1-n1nc2ccccc2n1. The van der Waals surface area contributed by atoms with Crippen molar-refractivity contribution in [3.05, 3.63) is 47.0 Å². The number of fused-ring (bicyclic) bond motifs is 1. The summed E-state index contributed by atoms with van der Waals surface area (Å²) in [4.78, 5) is 14.0. The van der Waals surface area contributed by atoms with Gasteiger partial charge >= 0.3 is 5.97 Å². The van der Waals surface area contributed by atoms with E-state index in [4.69, 9.17) is 4.74 Å². The lowest BCUT2D eigenvalue weighted by Crippen LogP contribution is -2.38. The molecule has 1 saturated heterocycles. The molecule has 8 nitrogen and oxygen atoms in total. The van der Waals surface area contributed by atoms with Gasteiger partial charge in [-0.25, -0.2) is 0 Å². The first-order valence-corrected chi connectivity index (χ1v) is 15.5. The molecule has 3 N–H and O–H groups in total. The van der Waals surface area contributed by atoms with Crippen LogP contribution in [0.4, 0.5) is 0 Å². The van der Waals surface area contributed by atoms with Crippen molar-refractivity contribution in [1.29, 1.82) is 0 Å². The van der Waals surface area contributed by atoms with Crippen LogP contribution in [0.15, 0.2) is 30.3 Å². The van der Waals surface area contributed by atoms with Crippen molar-refractivity contribution in [3.8, 4) is 11.4 Å². The number of aromatic hydroxyl groups is 1. The van der Waals surface area contributed by atoms with Crippen LogP contribution in [-0.4, -0.2) is 56.5 Å². The zero-order chi connectivity index (χ0) is 30.7. The second-order valence-corrected chi connectivity index (χ2v) is 13.9. The quantitative estimate of drug-likeness (QED) is 0.311. The summed E-state index contributed by atoms with van der Waals surface area (Å²) in [5.74, 6) is 0.506. The van der Waals surface area contributed by atoms with E-state index in [1.165, 1.54) is 24.1 Å². The van der Waals surface area contributed by atoms with Crippen LogP contribution in [0, 0.1) is 18.3 Å². The van der Waals surface area contributed by atoms with Crippen LogP contribution in [0.2, 0.25) is 0 Å². The van der Waals surface area contributed by atoms with Crippen LogP contribution < -0.4 is 5.32 Å². The number of carbonyl (C=O) groups is 1. The third-order valence-electron chi connectivity index (χ3n) is 8.93. The van der Waals surface area contributed by atoms with Gasteiger partial charge in [-0.2, -0.15) is 0 Å². The average Bonchev–Trinajstić information content (AvgIpc) is 3.35. The van der Waals surface area contributed by atoms with Crippen molar-refractivity contribution in [2.45, 2.75) is 111 Å². The summed E-state index contributed by atoms with van der Waals surface area (Å²) in [5.41, 5.74) is 4.63. The van der Waals surface area contributed by atoms with E-state index in [1.54, 1.807) is 0 Å². The molecule has 2 aliphatic rings. The molecule has 0 bridgehead atoms. The third kappa shape index (κ3) is 7.51. The Morgan fingerprint density at radius 1 is 1.12 bits per heavy atom. The highest BCUT2D eigenvalue weighted by atomic mass is 16.5. The molecule has 0 radical (unpaired) electrons. The molecule has 230 valence electrons. The molecule has 2 heterocycles. The number of aliphatic hydroxyl groups is 1. The number of phenolic OH excluding ortho intramolecular Hbond substituents is 1. The van der Waals surface area contributed by atoms with E-state index < -0.39 is 0 Å². The van der Waals surface area contributed by atoms with Gasteiger partial charge in [0.05, 0.1) is 6.10 Å². The summed E-state index contributed by atoms with van der Waals surface area (Å²) < 4.78 is 5.67. The van der Waals surface area contributed by atoms with Gasteiger partial charge in [-0.05, 0) is 92.1 Å². The Labute approximate surface area is 250 Å². The fraction of sp³-hybridized carbons (Fsp3) is 0.618. The van der Waals surface area contributed by atoms with Gasteiger partial charge in [0.1, 0.15) is 28.6 Å². The standard InChI is InChI=1S/C25H32N4O3.C9H18O/c1-16-17(9-10-22(30)32-18-11-13-26-14-12-18)15-19(25(2,3)4)24(31)23(16)29-27-20-7-5-6-8-21(20)28-29;1-7-5-4-6-9(2,3)8(7)10/h5-8,15,18,26,31H,9-14H2,1-4H3;7-8,10H,4-6H2,1-3H3. The monoisotopic (exact) mass is 578 g/mol. The number of hydrogen-bond acceptors (Lipinski definition) is 7. The highest BCUT2D eigenvalue weighted by molar-refractivity contribution is 5.74. The number of benzene rings is 2. The minimum Gasteiger partial charge on any atom is -0.505 e. The zero-order valence-corrected chi connectivity index (χ0v) is 26.5. The van der Waals surface area contributed by atoms with Gasteiger partial charge in [0.15, 0.2) is 0 Å². The molecule has 42 heavy (non-hydrogen) atoms. The van der Waals surface area contributed by atoms with Gasteiger partial charge in [-0.15, -0.1) is 15.0 Å². The molecule has 0 amide bonds. The molecule has 5 rings (SSSR count). The summed E-state index contributed by atoms with van der Waals surface area (Å²) in [5, 5.41) is 33.4. The van der Waals surface area contributed by atoms with E-state index in [-0.39, 0.29) is 34.8 Å². The lowest BCUT2D eigenvalue weighted by atomic mass is 9.70. The number of phenols is 1. The van der Waals surface area contributed by atoms with Crippen LogP contribution in [0.25, 0.3) is 16.7 Å². The molecule has 1 aliphatic carbocycles. The van der Waals surface area contributed by atoms with Crippen molar-refractivity contribution in [3.63, 3.8) is 0 Å². The molecule has 1 aromatic heterocycles. The Kier molecular flexibility index (Phi) is 9.99. The van der Waals surface area contributed by atoms with Gasteiger partial charge in [-0.1, -0.05) is 66.2 Å². The molecule has 3 aromatic rings. The number of aromatic nitrogens is 3. The van der Waals surface area contributed by atoms with Gasteiger partial charge in [0, 0.05) is 12.0 Å². The molecule has 1 aliphatic heterocycles. The summed E-state index contributed by atoms with van der Waals surface area (Å²) in [7, 11) is 0. The normalized spacial score (nSPS) is 21.0. The lowest BCUT2D eigenvalue weighted by Gasteiger charge is -2.39. The van der Waals surface area contributed by atoms with E-state index in [0.717, 1.165) is 53.7 Å². The molecule has 2 atom stereocenters. The number of rotatable bonds is 5. The van der Waals surface area contributed by atoms with Crippen LogP contribution in [0.3, 0.4) is 0 Å². The predicted octanol–water partition coefficient (Wildman–Crippen LogP) is 6.15. The van der Waals surface area contributed by atoms with E-state index in [9.17, 15) is 15.0 Å². The molecule has 2 unspecified atom stereocenters. The molecule has 0 spiro atoms. The molecule has 2 fully saturated rings. The number of hydrogen-bond donors (Lipinski definition) is 3. The Morgan fingerprint density at radius 3 is 2.29 bits per heavy atom. The second kappa shape index (κ2) is 13.1. The summed E-state index contributed by atoms with van der Waals surface area (Å²) in [6.07, 6.45) is 6.14. The van der Waals surface area contributed by atoms with Crippen molar-refractivity contribution < 1.29 is 19.7 Å². The average molecular weight is 579 g/mol. The number of nitrogens with zero attached hydrogens (tertiary/aromatic N) is 3.